The van der Waals surface area contributed by atoms with Crippen molar-refractivity contribution in [3.8, 4) is 5.75 Å². The van der Waals surface area contributed by atoms with Crippen molar-refractivity contribution >= 4 is 40.7 Å². The van der Waals surface area contributed by atoms with E-state index in [4.69, 9.17) is 21.1 Å². The minimum absolute atomic E-state index is 0.0285. The van der Waals surface area contributed by atoms with Gasteiger partial charge in [0.15, 0.2) is 0 Å². The van der Waals surface area contributed by atoms with Gasteiger partial charge in [0.25, 0.3) is 5.91 Å². The highest BCUT2D eigenvalue weighted by molar-refractivity contribution is 6.34. The van der Waals surface area contributed by atoms with Crippen LogP contribution >= 0.6 is 11.6 Å². The molecule has 2 fully saturated rings. The summed E-state index contributed by atoms with van der Waals surface area (Å²) in [6.45, 7) is 5.18. The Labute approximate surface area is 262 Å². The molecule has 232 valence electrons. The van der Waals surface area contributed by atoms with E-state index < -0.39 is 29.1 Å². The highest BCUT2D eigenvalue weighted by Crippen LogP contribution is 2.59. The third-order valence-corrected chi connectivity index (χ3v) is 9.67. The SMILES string of the molecule is CCOc1ccc(N2CC=C[C@@]3(CC)O[C@]45C=CCN(c6ccccc6Cl)C(=O)C4N(CCCCO)C(=O)[C@@H]5[C@H]3C2=O)cc1. The number of carbonyl (C=O) groups excluding carboxylic acids is 3. The monoisotopic (exact) mass is 619 g/mol. The first kappa shape index (κ1) is 30.4. The van der Waals surface area contributed by atoms with Crippen LogP contribution in [-0.4, -0.2) is 77.8 Å². The first-order valence-electron chi connectivity index (χ1n) is 15.4. The average molecular weight is 620 g/mol. The Hall–Kier alpha value is -3.66. The molecule has 1 unspecified atom stereocenters. The molecule has 4 heterocycles. The predicted molar refractivity (Wildman–Crippen MR) is 168 cm³/mol. The number of para-hydroxylation sites is 1. The van der Waals surface area contributed by atoms with E-state index in [1.165, 1.54) is 0 Å². The van der Waals surface area contributed by atoms with Crippen molar-refractivity contribution in [1.29, 1.82) is 0 Å². The van der Waals surface area contributed by atoms with E-state index in [0.29, 0.717) is 54.6 Å². The number of unbranched alkanes of at least 4 members (excludes halogenated alkanes) is 1. The first-order valence-corrected chi connectivity index (χ1v) is 15.8. The molecule has 2 saturated heterocycles. The molecule has 2 aromatic rings. The molecule has 0 bridgehead atoms. The topological polar surface area (TPSA) is 99.6 Å². The van der Waals surface area contributed by atoms with E-state index in [9.17, 15) is 19.5 Å². The quantitative estimate of drug-likeness (QED) is 0.330. The Morgan fingerprint density at radius 2 is 1.64 bits per heavy atom. The zero-order valence-corrected chi connectivity index (χ0v) is 25.8. The molecular formula is C34H38ClN3O6. The van der Waals surface area contributed by atoms with Gasteiger partial charge in [-0.05, 0) is 62.6 Å². The summed E-state index contributed by atoms with van der Waals surface area (Å²) in [7, 11) is 0. The lowest BCUT2D eigenvalue weighted by Crippen LogP contribution is -2.56. The van der Waals surface area contributed by atoms with Crippen LogP contribution in [0.25, 0.3) is 0 Å². The van der Waals surface area contributed by atoms with Crippen molar-refractivity contribution in [1.82, 2.24) is 4.90 Å². The lowest BCUT2D eigenvalue weighted by molar-refractivity contribution is -0.145. The number of benzene rings is 2. The fraction of sp³-hybridized carbons (Fsp3) is 0.441. The molecule has 0 aromatic heterocycles. The third-order valence-electron chi connectivity index (χ3n) is 9.35. The van der Waals surface area contributed by atoms with Gasteiger partial charge in [-0.2, -0.15) is 0 Å². The number of rotatable bonds is 9. The molecule has 2 aromatic carbocycles. The van der Waals surface area contributed by atoms with Gasteiger partial charge in [-0.1, -0.05) is 55.0 Å². The number of halogens is 1. The van der Waals surface area contributed by atoms with Gasteiger partial charge in [0, 0.05) is 31.9 Å². The number of aliphatic hydroxyl groups is 1. The van der Waals surface area contributed by atoms with Gasteiger partial charge in [0.2, 0.25) is 11.8 Å². The number of amides is 3. The van der Waals surface area contributed by atoms with Crippen LogP contribution in [0.1, 0.15) is 33.1 Å². The second-order valence-electron chi connectivity index (χ2n) is 11.7. The molecule has 44 heavy (non-hydrogen) atoms. The van der Waals surface area contributed by atoms with Gasteiger partial charge >= 0.3 is 0 Å². The van der Waals surface area contributed by atoms with Crippen LogP contribution in [0.5, 0.6) is 5.75 Å². The van der Waals surface area contributed by atoms with Crippen molar-refractivity contribution in [3.05, 3.63) is 77.9 Å². The molecule has 1 spiro atoms. The lowest BCUT2D eigenvalue weighted by Gasteiger charge is -2.38. The van der Waals surface area contributed by atoms with Crippen LogP contribution in [0.15, 0.2) is 72.8 Å². The summed E-state index contributed by atoms with van der Waals surface area (Å²) < 4.78 is 12.6. The smallest absolute Gasteiger partial charge is 0.253 e. The number of anilines is 2. The average Bonchev–Trinajstić information content (AvgIpc) is 3.31. The summed E-state index contributed by atoms with van der Waals surface area (Å²) in [5, 5.41) is 9.91. The Morgan fingerprint density at radius 3 is 2.34 bits per heavy atom. The molecule has 3 amide bonds. The van der Waals surface area contributed by atoms with Crippen molar-refractivity contribution < 1.29 is 29.0 Å². The fourth-order valence-electron chi connectivity index (χ4n) is 7.40. The normalized spacial score (nSPS) is 29.4. The molecule has 10 heteroatoms. The third kappa shape index (κ3) is 4.73. The number of fused-ring (bicyclic) bond motifs is 2. The Balaban J connectivity index is 1.45. The van der Waals surface area contributed by atoms with Crippen LogP contribution < -0.4 is 14.5 Å². The van der Waals surface area contributed by atoms with Crippen molar-refractivity contribution in [3.63, 3.8) is 0 Å². The molecule has 0 radical (unpaired) electrons. The van der Waals surface area contributed by atoms with Gasteiger partial charge in [-0.15, -0.1) is 0 Å². The van der Waals surface area contributed by atoms with E-state index in [1.54, 1.807) is 32.9 Å². The van der Waals surface area contributed by atoms with Crippen LogP contribution in [0, 0.1) is 11.8 Å². The number of hydrogen-bond donors (Lipinski definition) is 1. The molecule has 4 aliphatic rings. The number of likely N-dealkylation sites (tertiary alicyclic amines) is 1. The number of hydrogen-bond acceptors (Lipinski definition) is 6. The molecular weight excluding hydrogens is 582 g/mol. The van der Waals surface area contributed by atoms with Crippen LogP contribution in [0.2, 0.25) is 5.02 Å². The second kappa shape index (κ2) is 12.0. The zero-order chi connectivity index (χ0) is 31.1. The van der Waals surface area contributed by atoms with Gasteiger partial charge in [0.05, 0.1) is 34.8 Å². The first-order chi connectivity index (χ1) is 21.3. The summed E-state index contributed by atoms with van der Waals surface area (Å²) in [6, 6.07) is 13.5. The van der Waals surface area contributed by atoms with E-state index in [-0.39, 0.29) is 37.4 Å². The Kier molecular flexibility index (Phi) is 8.30. The molecule has 5 atom stereocenters. The van der Waals surface area contributed by atoms with Crippen LogP contribution in [0.4, 0.5) is 11.4 Å². The van der Waals surface area contributed by atoms with Crippen LogP contribution in [0.3, 0.4) is 0 Å². The second-order valence-corrected chi connectivity index (χ2v) is 12.1. The summed E-state index contributed by atoms with van der Waals surface area (Å²) >= 11 is 6.55. The molecule has 0 saturated carbocycles. The van der Waals surface area contributed by atoms with Crippen molar-refractivity contribution in [2.24, 2.45) is 11.8 Å². The predicted octanol–water partition coefficient (Wildman–Crippen LogP) is 4.38. The summed E-state index contributed by atoms with van der Waals surface area (Å²) in [5.41, 5.74) is -1.22. The minimum Gasteiger partial charge on any atom is -0.494 e. The van der Waals surface area contributed by atoms with E-state index in [1.807, 2.05) is 68.5 Å². The largest absolute Gasteiger partial charge is 0.494 e. The number of ether oxygens (including phenoxy) is 2. The summed E-state index contributed by atoms with van der Waals surface area (Å²) in [5.74, 6) is -1.90. The van der Waals surface area contributed by atoms with Gasteiger partial charge in [-0.3, -0.25) is 14.4 Å². The number of aliphatic hydroxyl groups excluding tert-OH is 1. The highest BCUT2D eigenvalue weighted by Gasteiger charge is 2.75. The van der Waals surface area contributed by atoms with Crippen molar-refractivity contribution in [2.75, 3.05) is 42.6 Å². The van der Waals surface area contributed by atoms with E-state index >= 15 is 0 Å². The summed E-state index contributed by atoms with van der Waals surface area (Å²) in [4.78, 5) is 48.7. The number of nitrogens with zero attached hydrogens (tertiary/aromatic N) is 3. The van der Waals surface area contributed by atoms with Gasteiger partial charge in [0.1, 0.15) is 17.4 Å². The standard InChI is InChI=1S/C34H38ClN3O6/c1-3-33-17-9-20-36(23-13-15-24(16-14-23)43-4-2)30(40)27(33)28-31(41)38(19-7-8-22-39)29-32(42)37(21-10-18-34(28,29)44-33)26-12-6-5-11-25(26)35/h5-6,9-18,27-29,39H,3-4,7-8,19-22H2,1-2H3/t27-,28-,29?,33+,34-/m0/s1. The van der Waals surface area contributed by atoms with Crippen LogP contribution in [-0.2, 0) is 19.1 Å². The minimum atomic E-state index is -1.37. The summed E-state index contributed by atoms with van der Waals surface area (Å²) in [6.07, 6.45) is 8.96. The fourth-order valence-corrected chi connectivity index (χ4v) is 7.64. The molecule has 4 aliphatic heterocycles. The highest BCUT2D eigenvalue weighted by atomic mass is 35.5. The Bertz CT molecular complexity index is 1490. The van der Waals surface area contributed by atoms with Gasteiger partial charge < -0.3 is 29.3 Å². The van der Waals surface area contributed by atoms with Gasteiger partial charge in [-0.25, -0.2) is 0 Å². The Morgan fingerprint density at radius 1 is 0.909 bits per heavy atom. The molecule has 9 nitrogen and oxygen atoms in total. The van der Waals surface area contributed by atoms with Crippen molar-refractivity contribution in [2.45, 2.75) is 50.4 Å². The van der Waals surface area contributed by atoms with E-state index in [2.05, 4.69) is 0 Å². The lowest BCUT2D eigenvalue weighted by atomic mass is 9.73. The molecule has 0 aliphatic carbocycles. The molecule has 1 N–H and O–H groups in total. The maximum absolute atomic E-state index is 14.7. The zero-order valence-electron chi connectivity index (χ0n) is 25.0. The molecule has 6 rings (SSSR count). The maximum atomic E-state index is 14.7. The number of carbonyl (C=O) groups is 3. The van der Waals surface area contributed by atoms with E-state index in [0.717, 1.165) is 0 Å². The maximum Gasteiger partial charge on any atom is 0.253 e.